The maximum Gasteiger partial charge on any atom is 0.352 e. The molecule has 0 saturated carbocycles. The number of β-lactam (4-membered cyclic amide) rings is 1. The van der Waals surface area contributed by atoms with Crippen molar-refractivity contribution in [3.05, 3.63) is 11.8 Å². The lowest BCUT2D eigenvalue weighted by Gasteiger charge is -2.44. The van der Waals surface area contributed by atoms with E-state index in [4.69, 9.17) is 5.11 Å². The first-order valence-corrected chi connectivity index (χ1v) is 4.48. The molecule has 76 valence electrons. The highest BCUT2D eigenvalue weighted by molar-refractivity contribution is 5.98. The molecule has 0 radical (unpaired) electrons. The number of aliphatic carboxylic acids is 1. The van der Waals surface area contributed by atoms with E-state index in [1.54, 1.807) is 6.92 Å². The summed E-state index contributed by atoms with van der Waals surface area (Å²) in [4.78, 5) is 23.4. The minimum absolute atomic E-state index is 0.0527. The highest BCUT2D eigenvalue weighted by atomic mass is 16.4. The zero-order valence-electron chi connectivity index (χ0n) is 7.67. The van der Waals surface area contributed by atoms with E-state index in [-0.39, 0.29) is 17.6 Å². The van der Waals surface area contributed by atoms with Gasteiger partial charge in [0.1, 0.15) is 5.70 Å². The van der Waals surface area contributed by atoms with Gasteiger partial charge in [-0.1, -0.05) is 6.08 Å². The van der Waals surface area contributed by atoms with Crippen molar-refractivity contribution < 1.29 is 19.8 Å². The molecule has 0 aliphatic carbocycles. The van der Waals surface area contributed by atoms with Crippen molar-refractivity contribution in [2.24, 2.45) is 5.92 Å². The molecule has 5 heteroatoms. The van der Waals surface area contributed by atoms with Gasteiger partial charge in [-0.15, -0.1) is 0 Å². The number of amides is 1. The van der Waals surface area contributed by atoms with Crippen LogP contribution >= 0.6 is 0 Å². The predicted octanol–water partition coefficient (Wildman–Crippen LogP) is -0.434. The number of aliphatic hydroxyl groups excluding tert-OH is 1. The average molecular weight is 197 g/mol. The molecule has 0 aromatic heterocycles. The fraction of sp³-hybridized carbons (Fsp3) is 0.556. The van der Waals surface area contributed by atoms with Gasteiger partial charge in [0, 0.05) is 0 Å². The van der Waals surface area contributed by atoms with E-state index >= 15 is 0 Å². The molecule has 0 aromatic rings. The number of rotatable bonds is 2. The first-order chi connectivity index (χ1) is 6.54. The van der Waals surface area contributed by atoms with E-state index in [1.807, 2.05) is 0 Å². The average Bonchev–Trinajstić information content (AvgIpc) is 2.42. The van der Waals surface area contributed by atoms with Crippen LogP contribution in [0.25, 0.3) is 0 Å². The summed E-state index contributed by atoms with van der Waals surface area (Å²) in [6.45, 7) is 1.55. The number of carbonyl (C=O) groups excluding carboxylic acids is 1. The molecule has 2 rings (SSSR count). The standard InChI is InChI=1S/C9H11NO4/c1-4(11)7-5-2-3-6(9(13)14)10(5)8(7)12/h3-5,7,11H,2H2,1H3,(H,13,14)/t4?,5-,7-/m1/s1. The Morgan fingerprint density at radius 1 is 1.71 bits per heavy atom. The van der Waals surface area contributed by atoms with Crippen LogP contribution in [-0.4, -0.2) is 39.1 Å². The van der Waals surface area contributed by atoms with Gasteiger partial charge in [0.25, 0.3) is 0 Å². The Hall–Kier alpha value is -1.36. The molecule has 1 unspecified atom stereocenters. The van der Waals surface area contributed by atoms with E-state index in [0.717, 1.165) is 0 Å². The molecule has 14 heavy (non-hydrogen) atoms. The van der Waals surface area contributed by atoms with Gasteiger partial charge in [-0.25, -0.2) is 4.79 Å². The third-order valence-electron chi connectivity index (χ3n) is 2.82. The Morgan fingerprint density at radius 2 is 2.36 bits per heavy atom. The predicted molar refractivity (Wildman–Crippen MR) is 46.1 cm³/mol. The summed E-state index contributed by atoms with van der Waals surface area (Å²) in [5.41, 5.74) is 0.0527. The monoisotopic (exact) mass is 197 g/mol. The maximum atomic E-state index is 11.5. The molecule has 0 aromatic carbocycles. The molecule has 1 saturated heterocycles. The van der Waals surface area contributed by atoms with Crippen LogP contribution in [0.2, 0.25) is 0 Å². The molecule has 5 nitrogen and oxygen atoms in total. The van der Waals surface area contributed by atoms with E-state index in [0.29, 0.717) is 6.42 Å². The Bertz CT molecular complexity index is 334. The third-order valence-corrected chi connectivity index (χ3v) is 2.82. The number of nitrogens with zero attached hydrogens (tertiary/aromatic N) is 1. The van der Waals surface area contributed by atoms with Gasteiger partial charge in [-0.2, -0.15) is 0 Å². The van der Waals surface area contributed by atoms with Crippen molar-refractivity contribution in [1.29, 1.82) is 0 Å². The maximum absolute atomic E-state index is 11.5. The molecule has 3 atom stereocenters. The van der Waals surface area contributed by atoms with Crippen LogP contribution in [0.5, 0.6) is 0 Å². The molecule has 2 N–H and O–H groups in total. The minimum Gasteiger partial charge on any atom is -0.477 e. The zero-order chi connectivity index (χ0) is 10.5. The second-order valence-corrected chi connectivity index (χ2v) is 3.67. The van der Waals surface area contributed by atoms with Crippen LogP contribution < -0.4 is 0 Å². The van der Waals surface area contributed by atoms with E-state index in [2.05, 4.69) is 0 Å². The van der Waals surface area contributed by atoms with Crippen LogP contribution in [0.3, 0.4) is 0 Å². The summed E-state index contributed by atoms with van der Waals surface area (Å²) in [7, 11) is 0. The number of carboxylic acids is 1. The van der Waals surface area contributed by atoms with Gasteiger partial charge in [0.15, 0.2) is 0 Å². The molecular weight excluding hydrogens is 186 g/mol. The topological polar surface area (TPSA) is 77.8 Å². The van der Waals surface area contributed by atoms with E-state index in [9.17, 15) is 14.7 Å². The van der Waals surface area contributed by atoms with Crippen LogP contribution in [-0.2, 0) is 9.59 Å². The smallest absolute Gasteiger partial charge is 0.352 e. The van der Waals surface area contributed by atoms with Crippen molar-refractivity contribution in [2.45, 2.75) is 25.5 Å². The number of aliphatic hydroxyl groups is 1. The third kappa shape index (κ3) is 0.988. The lowest BCUT2D eigenvalue weighted by molar-refractivity contribution is -0.161. The van der Waals surface area contributed by atoms with Crippen LogP contribution in [0.15, 0.2) is 11.8 Å². The SMILES string of the molecule is CC(O)[C@H]1C(=O)N2C(C(=O)O)=CC[C@H]12. The fourth-order valence-electron chi connectivity index (χ4n) is 2.17. The van der Waals surface area contributed by atoms with Crippen LogP contribution in [0.4, 0.5) is 0 Å². The quantitative estimate of drug-likeness (QED) is 0.588. The van der Waals surface area contributed by atoms with E-state index in [1.165, 1.54) is 11.0 Å². The lowest BCUT2D eigenvalue weighted by Crippen LogP contribution is -2.61. The second kappa shape index (κ2) is 2.81. The summed E-state index contributed by atoms with van der Waals surface area (Å²) < 4.78 is 0. The molecule has 2 aliphatic heterocycles. The summed E-state index contributed by atoms with van der Waals surface area (Å²) in [6.07, 6.45) is 1.36. The molecular formula is C9H11NO4. The summed E-state index contributed by atoms with van der Waals surface area (Å²) >= 11 is 0. The van der Waals surface area contributed by atoms with Crippen molar-refractivity contribution in [1.82, 2.24) is 4.90 Å². The van der Waals surface area contributed by atoms with Gasteiger partial charge in [0.2, 0.25) is 5.91 Å². The van der Waals surface area contributed by atoms with Crippen LogP contribution in [0.1, 0.15) is 13.3 Å². The summed E-state index contributed by atoms with van der Waals surface area (Å²) in [5.74, 6) is -1.79. The lowest BCUT2D eigenvalue weighted by atomic mass is 9.83. The largest absolute Gasteiger partial charge is 0.477 e. The Kier molecular flexibility index (Phi) is 1.85. The molecule has 1 fully saturated rings. The number of carbonyl (C=O) groups is 2. The van der Waals surface area contributed by atoms with Crippen molar-refractivity contribution in [3.8, 4) is 0 Å². The van der Waals surface area contributed by atoms with E-state index < -0.39 is 18.0 Å². The Labute approximate surface area is 80.6 Å². The molecule has 1 amide bonds. The van der Waals surface area contributed by atoms with Crippen LogP contribution in [0, 0.1) is 5.92 Å². The molecule has 2 heterocycles. The zero-order valence-corrected chi connectivity index (χ0v) is 7.67. The highest BCUT2D eigenvalue weighted by Gasteiger charge is 2.54. The van der Waals surface area contributed by atoms with Gasteiger partial charge in [0.05, 0.1) is 18.1 Å². The van der Waals surface area contributed by atoms with Crippen molar-refractivity contribution >= 4 is 11.9 Å². The minimum atomic E-state index is -1.08. The van der Waals surface area contributed by atoms with Gasteiger partial charge < -0.3 is 15.1 Å². The van der Waals surface area contributed by atoms with Gasteiger partial charge in [-0.05, 0) is 13.3 Å². The molecule has 2 aliphatic rings. The van der Waals surface area contributed by atoms with Crippen molar-refractivity contribution in [3.63, 3.8) is 0 Å². The molecule has 0 spiro atoms. The number of hydrogen-bond donors (Lipinski definition) is 2. The molecule has 0 bridgehead atoms. The summed E-state index contributed by atoms with van der Waals surface area (Å²) in [5, 5.41) is 18.0. The Morgan fingerprint density at radius 3 is 2.86 bits per heavy atom. The fourth-order valence-corrected chi connectivity index (χ4v) is 2.17. The van der Waals surface area contributed by atoms with Gasteiger partial charge >= 0.3 is 5.97 Å². The number of hydrogen-bond acceptors (Lipinski definition) is 3. The second-order valence-electron chi connectivity index (χ2n) is 3.67. The number of carboxylic acid groups (broad SMARTS) is 1. The first kappa shape index (κ1) is 9.21. The van der Waals surface area contributed by atoms with Crippen molar-refractivity contribution in [2.75, 3.05) is 0 Å². The highest BCUT2D eigenvalue weighted by Crippen LogP contribution is 2.39. The van der Waals surface area contributed by atoms with Gasteiger partial charge in [-0.3, -0.25) is 4.79 Å². The number of fused-ring (bicyclic) bond motifs is 1. The normalized spacial score (nSPS) is 32.0. The first-order valence-electron chi connectivity index (χ1n) is 4.48. The Balaban J connectivity index is 2.17. The summed E-state index contributed by atoms with van der Waals surface area (Å²) in [6, 6.07) is -0.145.